The number of carbonyl (C=O) groups is 1. The van der Waals surface area contributed by atoms with Gasteiger partial charge in [0.05, 0.1) is 0 Å². The van der Waals surface area contributed by atoms with Crippen LogP contribution in [0.2, 0.25) is 0 Å². The summed E-state index contributed by atoms with van der Waals surface area (Å²) in [6, 6.07) is 11.5. The molecule has 1 saturated heterocycles. The zero-order chi connectivity index (χ0) is 18.9. The van der Waals surface area contributed by atoms with Crippen LogP contribution in [0.1, 0.15) is 32.8 Å². The van der Waals surface area contributed by atoms with E-state index in [0.29, 0.717) is 25.2 Å². The Balaban J connectivity index is 1.74. The molecular formula is C20H33N5O. The molecule has 0 aliphatic carbocycles. The molecule has 1 heterocycles. The Kier molecular flexibility index (Phi) is 7.91. The number of carbonyl (C=O) groups excluding carboxylic acids is 1. The van der Waals surface area contributed by atoms with Gasteiger partial charge in [-0.1, -0.05) is 44.2 Å². The Bertz CT molecular complexity index is 587. The van der Waals surface area contributed by atoms with Gasteiger partial charge in [-0.15, -0.1) is 0 Å². The van der Waals surface area contributed by atoms with Crippen LogP contribution in [-0.4, -0.2) is 55.5 Å². The maximum atomic E-state index is 11.6. The molecule has 0 bridgehead atoms. The third-order valence-corrected chi connectivity index (χ3v) is 4.74. The van der Waals surface area contributed by atoms with Gasteiger partial charge in [0.2, 0.25) is 5.91 Å². The minimum absolute atomic E-state index is 0.0167. The quantitative estimate of drug-likeness (QED) is 0.393. The lowest BCUT2D eigenvalue weighted by Crippen LogP contribution is -2.46. The number of hydrogen-bond acceptors (Lipinski definition) is 3. The van der Waals surface area contributed by atoms with Crippen LogP contribution in [-0.2, 0) is 11.3 Å². The number of nitrogens with one attached hydrogen (secondary N) is 3. The van der Waals surface area contributed by atoms with Crippen molar-refractivity contribution in [2.75, 3.05) is 26.7 Å². The number of rotatable bonds is 7. The van der Waals surface area contributed by atoms with Crippen LogP contribution in [0.25, 0.3) is 0 Å². The molecule has 26 heavy (non-hydrogen) atoms. The molecule has 3 N–H and O–H groups in total. The molecule has 144 valence electrons. The van der Waals surface area contributed by atoms with E-state index in [2.05, 4.69) is 63.1 Å². The van der Waals surface area contributed by atoms with Crippen molar-refractivity contribution in [1.82, 2.24) is 20.9 Å². The van der Waals surface area contributed by atoms with Gasteiger partial charge in [0.1, 0.15) is 0 Å². The van der Waals surface area contributed by atoms with E-state index in [-0.39, 0.29) is 11.8 Å². The molecule has 1 fully saturated rings. The normalized spacial score (nSPS) is 21.0. The molecule has 0 saturated carbocycles. The molecule has 2 atom stereocenters. The summed E-state index contributed by atoms with van der Waals surface area (Å²) in [6.45, 7) is 9.31. The Hall–Kier alpha value is -2.08. The van der Waals surface area contributed by atoms with Crippen LogP contribution in [0.3, 0.4) is 0 Å². The summed E-state index contributed by atoms with van der Waals surface area (Å²) in [7, 11) is 1.78. The van der Waals surface area contributed by atoms with Gasteiger partial charge in [-0.2, -0.15) is 0 Å². The predicted molar refractivity (Wildman–Crippen MR) is 107 cm³/mol. The number of likely N-dealkylation sites (tertiary alicyclic amines) is 1. The Morgan fingerprint density at radius 1 is 1.23 bits per heavy atom. The number of hydrogen-bond donors (Lipinski definition) is 3. The highest BCUT2D eigenvalue weighted by atomic mass is 16.1. The summed E-state index contributed by atoms with van der Waals surface area (Å²) in [4.78, 5) is 18.4. The number of nitrogens with zero attached hydrogens (tertiary/aromatic N) is 2. The number of guanidine groups is 1. The summed E-state index contributed by atoms with van der Waals surface area (Å²) in [5, 5.41) is 9.69. The topological polar surface area (TPSA) is 68.8 Å². The van der Waals surface area contributed by atoms with Gasteiger partial charge in [0, 0.05) is 51.2 Å². The Morgan fingerprint density at radius 3 is 2.58 bits per heavy atom. The highest BCUT2D eigenvalue weighted by Crippen LogP contribution is 2.20. The highest BCUT2D eigenvalue weighted by Gasteiger charge is 2.29. The fraction of sp³-hybridized carbons (Fsp3) is 0.600. The summed E-state index contributed by atoms with van der Waals surface area (Å²) in [5.41, 5.74) is 1.35. The van der Waals surface area contributed by atoms with Crippen molar-refractivity contribution in [3.63, 3.8) is 0 Å². The van der Waals surface area contributed by atoms with Crippen LogP contribution in [0.15, 0.2) is 35.3 Å². The van der Waals surface area contributed by atoms with Crippen LogP contribution in [0, 0.1) is 5.92 Å². The summed E-state index contributed by atoms with van der Waals surface area (Å²) < 4.78 is 0. The first kappa shape index (κ1) is 20.2. The molecule has 1 aromatic carbocycles. The van der Waals surface area contributed by atoms with Crippen molar-refractivity contribution in [3.8, 4) is 0 Å². The molecule has 0 aromatic heterocycles. The van der Waals surface area contributed by atoms with E-state index in [9.17, 15) is 4.79 Å². The first-order valence-corrected chi connectivity index (χ1v) is 9.52. The molecule has 1 aliphatic rings. The molecule has 0 radical (unpaired) electrons. The molecule has 2 rings (SSSR count). The molecule has 6 heteroatoms. The average Bonchev–Trinajstić information content (AvgIpc) is 2.97. The molecule has 6 nitrogen and oxygen atoms in total. The Morgan fingerprint density at radius 2 is 1.92 bits per heavy atom. The molecule has 1 aromatic rings. The van der Waals surface area contributed by atoms with Crippen molar-refractivity contribution in [2.24, 2.45) is 10.9 Å². The average molecular weight is 360 g/mol. The number of amides is 1. The van der Waals surface area contributed by atoms with Gasteiger partial charge in [-0.25, -0.2) is 0 Å². The predicted octanol–water partition coefficient (Wildman–Crippen LogP) is 1.59. The maximum absolute atomic E-state index is 11.6. The second-order valence-electron chi connectivity index (χ2n) is 7.29. The Labute approximate surface area is 157 Å². The SMILES string of the molecule is CN=C(NCCNC(=O)C(C)C)NC1CC(C)N(Cc2ccccc2)C1. The van der Waals surface area contributed by atoms with Crippen LogP contribution < -0.4 is 16.0 Å². The highest BCUT2D eigenvalue weighted by molar-refractivity contribution is 5.80. The van der Waals surface area contributed by atoms with E-state index in [1.165, 1.54) is 5.56 Å². The van der Waals surface area contributed by atoms with E-state index in [1.807, 2.05) is 13.8 Å². The lowest BCUT2D eigenvalue weighted by Gasteiger charge is -2.21. The number of aliphatic imine (C=N–C) groups is 1. The fourth-order valence-electron chi connectivity index (χ4n) is 3.20. The molecule has 2 unspecified atom stereocenters. The largest absolute Gasteiger partial charge is 0.355 e. The third kappa shape index (κ3) is 6.33. The lowest BCUT2D eigenvalue weighted by molar-refractivity contribution is -0.123. The van der Waals surface area contributed by atoms with Gasteiger partial charge in [-0.3, -0.25) is 14.7 Å². The third-order valence-electron chi connectivity index (χ3n) is 4.74. The van der Waals surface area contributed by atoms with E-state index in [0.717, 1.165) is 25.5 Å². The molecule has 1 aliphatic heterocycles. The summed E-state index contributed by atoms with van der Waals surface area (Å²) in [6.07, 6.45) is 1.09. The van der Waals surface area contributed by atoms with Gasteiger partial charge >= 0.3 is 0 Å². The van der Waals surface area contributed by atoms with E-state index in [1.54, 1.807) is 7.05 Å². The lowest BCUT2D eigenvalue weighted by atomic mass is 10.2. The fourth-order valence-corrected chi connectivity index (χ4v) is 3.20. The summed E-state index contributed by atoms with van der Waals surface area (Å²) >= 11 is 0. The van der Waals surface area contributed by atoms with Crippen LogP contribution in [0.5, 0.6) is 0 Å². The summed E-state index contributed by atoms with van der Waals surface area (Å²) in [5.74, 6) is 0.890. The monoisotopic (exact) mass is 359 g/mol. The van der Waals surface area contributed by atoms with Crippen molar-refractivity contribution >= 4 is 11.9 Å². The zero-order valence-electron chi connectivity index (χ0n) is 16.5. The second-order valence-corrected chi connectivity index (χ2v) is 7.29. The van der Waals surface area contributed by atoms with Crippen LogP contribution in [0.4, 0.5) is 0 Å². The van der Waals surface area contributed by atoms with Crippen molar-refractivity contribution in [2.45, 2.75) is 45.8 Å². The first-order valence-electron chi connectivity index (χ1n) is 9.52. The van der Waals surface area contributed by atoms with Gasteiger partial charge in [0.25, 0.3) is 0 Å². The minimum atomic E-state index is 0.0167. The van der Waals surface area contributed by atoms with Gasteiger partial charge < -0.3 is 16.0 Å². The van der Waals surface area contributed by atoms with Gasteiger partial charge in [-0.05, 0) is 18.9 Å². The van der Waals surface area contributed by atoms with E-state index < -0.39 is 0 Å². The smallest absolute Gasteiger partial charge is 0.222 e. The van der Waals surface area contributed by atoms with E-state index >= 15 is 0 Å². The second kappa shape index (κ2) is 10.2. The molecule has 0 spiro atoms. The number of benzene rings is 1. The van der Waals surface area contributed by atoms with Crippen molar-refractivity contribution < 1.29 is 4.79 Å². The van der Waals surface area contributed by atoms with Crippen molar-refractivity contribution in [1.29, 1.82) is 0 Å². The molecular weight excluding hydrogens is 326 g/mol. The zero-order valence-corrected chi connectivity index (χ0v) is 16.5. The van der Waals surface area contributed by atoms with E-state index in [4.69, 9.17) is 0 Å². The first-order chi connectivity index (χ1) is 12.5. The van der Waals surface area contributed by atoms with Crippen LogP contribution >= 0.6 is 0 Å². The molecule has 1 amide bonds. The minimum Gasteiger partial charge on any atom is -0.355 e. The standard InChI is InChI=1S/C20H33N5O/c1-15(2)19(26)22-10-11-23-20(21-4)24-18-12-16(3)25(14-18)13-17-8-6-5-7-9-17/h5-9,15-16,18H,10-14H2,1-4H3,(H,22,26)(H2,21,23,24). The van der Waals surface area contributed by atoms with Crippen molar-refractivity contribution in [3.05, 3.63) is 35.9 Å². The van der Waals surface area contributed by atoms with Gasteiger partial charge in [0.15, 0.2) is 5.96 Å². The maximum Gasteiger partial charge on any atom is 0.222 e.